The number of carboxylic acids is 1. The number of hydrogen-bond acceptors (Lipinski definition) is 5. The number of nitrogens with zero attached hydrogens (tertiary/aromatic N) is 1. The third-order valence-electron chi connectivity index (χ3n) is 2.00. The van der Waals surface area contributed by atoms with E-state index in [-0.39, 0.29) is 26.3 Å². The largest absolute Gasteiger partial charge is 0.480 e. The number of nitrogens with one attached hydrogen (secondary N) is 1. The summed E-state index contributed by atoms with van der Waals surface area (Å²) >= 11 is 0. The molecule has 0 aromatic rings. The van der Waals surface area contributed by atoms with Crippen LogP contribution in [-0.2, 0) is 9.53 Å². The molecular weight excluding hydrogens is 232 g/mol. The first-order valence-electron chi connectivity index (χ1n) is 5.05. The highest BCUT2D eigenvalue weighted by molar-refractivity contribution is 5.82. The summed E-state index contributed by atoms with van der Waals surface area (Å²) in [5.41, 5.74) is 0. The van der Waals surface area contributed by atoms with Gasteiger partial charge in [-0.05, 0) is 0 Å². The van der Waals surface area contributed by atoms with Crippen LogP contribution in [0.5, 0.6) is 0 Å². The van der Waals surface area contributed by atoms with Crippen LogP contribution in [0, 0.1) is 0 Å². The highest BCUT2D eigenvalue weighted by atomic mass is 16.5. The van der Waals surface area contributed by atoms with Crippen molar-refractivity contribution >= 4 is 12.0 Å². The van der Waals surface area contributed by atoms with Crippen LogP contribution in [0.4, 0.5) is 4.79 Å². The molecule has 0 aliphatic carbocycles. The molecule has 0 radical (unpaired) electrons. The molecule has 4 N–H and O–H groups in total. The molecule has 2 amide bonds. The van der Waals surface area contributed by atoms with Crippen molar-refractivity contribution in [2.75, 3.05) is 40.0 Å². The molecule has 0 aromatic heterocycles. The van der Waals surface area contributed by atoms with E-state index in [2.05, 4.69) is 5.32 Å². The van der Waals surface area contributed by atoms with Crippen LogP contribution in [0.3, 0.4) is 0 Å². The number of carbonyl (C=O) groups excluding carboxylic acids is 1. The normalized spacial score (nSPS) is 11.9. The Morgan fingerprint density at radius 1 is 1.35 bits per heavy atom. The van der Waals surface area contributed by atoms with Crippen LogP contribution in [-0.4, -0.2) is 78.3 Å². The van der Waals surface area contributed by atoms with Crippen molar-refractivity contribution in [3.05, 3.63) is 0 Å². The molecule has 0 spiro atoms. The molecule has 0 rings (SSSR count). The predicted octanol–water partition coefficient (Wildman–Crippen LogP) is -1.92. The Labute approximate surface area is 98.8 Å². The van der Waals surface area contributed by atoms with Crippen LogP contribution in [0.25, 0.3) is 0 Å². The second kappa shape index (κ2) is 8.74. The average molecular weight is 250 g/mol. The number of hydrogen-bond donors (Lipinski definition) is 4. The summed E-state index contributed by atoms with van der Waals surface area (Å²) in [4.78, 5) is 23.4. The van der Waals surface area contributed by atoms with Crippen LogP contribution < -0.4 is 5.32 Å². The van der Waals surface area contributed by atoms with Gasteiger partial charge in [0.25, 0.3) is 0 Å². The van der Waals surface area contributed by atoms with E-state index >= 15 is 0 Å². The van der Waals surface area contributed by atoms with Gasteiger partial charge in [0.1, 0.15) is 0 Å². The van der Waals surface area contributed by atoms with E-state index in [0.717, 1.165) is 0 Å². The standard InChI is InChI=1S/C9H18N2O6/c1-17-5-3-11(2-4-12)9(16)10-7(6-13)8(14)15/h7,12-13H,2-6H2,1H3,(H,10,16)(H,14,15)/t7-/m0/s1. The van der Waals surface area contributed by atoms with Gasteiger partial charge in [-0.1, -0.05) is 0 Å². The maximum atomic E-state index is 11.6. The van der Waals surface area contributed by atoms with Gasteiger partial charge >= 0.3 is 12.0 Å². The lowest BCUT2D eigenvalue weighted by molar-refractivity contribution is -0.140. The number of carboxylic acid groups (broad SMARTS) is 1. The molecule has 0 aromatic carbocycles. The maximum absolute atomic E-state index is 11.6. The number of rotatable bonds is 8. The number of urea groups is 1. The van der Waals surface area contributed by atoms with E-state index in [1.54, 1.807) is 0 Å². The summed E-state index contributed by atoms with van der Waals surface area (Å²) in [7, 11) is 1.46. The predicted molar refractivity (Wildman–Crippen MR) is 57.6 cm³/mol. The van der Waals surface area contributed by atoms with Crippen molar-refractivity contribution in [2.24, 2.45) is 0 Å². The lowest BCUT2D eigenvalue weighted by Crippen LogP contribution is -2.50. The van der Waals surface area contributed by atoms with Gasteiger partial charge in [0.2, 0.25) is 0 Å². The first-order chi connectivity index (χ1) is 8.06. The van der Waals surface area contributed by atoms with E-state index in [0.29, 0.717) is 0 Å². The first-order valence-corrected chi connectivity index (χ1v) is 5.05. The zero-order chi connectivity index (χ0) is 13.3. The lowest BCUT2D eigenvalue weighted by atomic mass is 10.3. The van der Waals surface area contributed by atoms with Crippen molar-refractivity contribution in [1.29, 1.82) is 0 Å². The van der Waals surface area contributed by atoms with Gasteiger partial charge in [-0.25, -0.2) is 9.59 Å². The Bertz CT molecular complexity index is 248. The van der Waals surface area contributed by atoms with Gasteiger partial charge in [-0.15, -0.1) is 0 Å². The number of amides is 2. The molecule has 0 saturated heterocycles. The molecule has 0 heterocycles. The Morgan fingerprint density at radius 3 is 2.41 bits per heavy atom. The Balaban J connectivity index is 4.33. The van der Waals surface area contributed by atoms with Gasteiger partial charge in [-0.2, -0.15) is 0 Å². The minimum Gasteiger partial charge on any atom is -0.480 e. The molecule has 0 unspecified atom stereocenters. The van der Waals surface area contributed by atoms with Gasteiger partial charge < -0.3 is 30.3 Å². The van der Waals surface area contributed by atoms with Crippen molar-refractivity contribution in [1.82, 2.24) is 10.2 Å². The number of aliphatic carboxylic acids is 1. The molecule has 0 saturated carbocycles. The SMILES string of the molecule is COCCN(CCO)C(=O)N[C@@H](CO)C(=O)O. The van der Waals surface area contributed by atoms with E-state index in [1.807, 2.05) is 0 Å². The fourth-order valence-electron chi connectivity index (χ4n) is 1.06. The monoisotopic (exact) mass is 250 g/mol. The molecule has 0 fully saturated rings. The maximum Gasteiger partial charge on any atom is 0.328 e. The fraction of sp³-hybridized carbons (Fsp3) is 0.778. The zero-order valence-electron chi connectivity index (χ0n) is 9.63. The molecule has 17 heavy (non-hydrogen) atoms. The van der Waals surface area contributed by atoms with Crippen molar-refractivity contribution in [3.63, 3.8) is 0 Å². The first kappa shape index (κ1) is 15.6. The fourth-order valence-corrected chi connectivity index (χ4v) is 1.06. The summed E-state index contributed by atoms with van der Waals surface area (Å²) in [6, 6.07) is -2.02. The molecule has 1 atom stereocenters. The minimum absolute atomic E-state index is 0.0625. The van der Waals surface area contributed by atoms with Gasteiger partial charge in [0, 0.05) is 20.2 Å². The van der Waals surface area contributed by atoms with E-state index in [1.165, 1.54) is 12.0 Å². The highest BCUT2D eigenvalue weighted by Crippen LogP contribution is 1.92. The summed E-state index contributed by atoms with van der Waals surface area (Å²) in [5, 5.41) is 28.3. The molecule has 0 aliphatic rings. The summed E-state index contributed by atoms with van der Waals surface area (Å²) in [6.45, 7) is -0.385. The molecule has 0 aliphatic heterocycles. The summed E-state index contributed by atoms with van der Waals surface area (Å²) in [5.74, 6) is -1.32. The molecule has 100 valence electrons. The van der Waals surface area contributed by atoms with Crippen molar-refractivity contribution in [2.45, 2.75) is 6.04 Å². The van der Waals surface area contributed by atoms with Crippen molar-refractivity contribution in [3.8, 4) is 0 Å². The van der Waals surface area contributed by atoms with Crippen LogP contribution in [0.2, 0.25) is 0 Å². The summed E-state index contributed by atoms with van der Waals surface area (Å²) < 4.78 is 4.78. The second-order valence-electron chi connectivity index (χ2n) is 3.23. The van der Waals surface area contributed by atoms with Crippen molar-refractivity contribution < 1.29 is 29.6 Å². The minimum atomic E-state index is -1.36. The highest BCUT2D eigenvalue weighted by Gasteiger charge is 2.21. The topological polar surface area (TPSA) is 119 Å². The molecule has 8 nitrogen and oxygen atoms in total. The summed E-state index contributed by atoms with van der Waals surface area (Å²) in [6.07, 6.45) is 0. The quantitative estimate of drug-likeness (QED) is 0.399. The third-order valence-corrected chi connectivity index (χ3v) is 2.00. The van der Waals surface area contributed by atoms with Crippen LogP contribution >= 0.6 is 0 Å². The van der Waals surface area contributed by atoms with Gasteiger partial charge in [0.05, 0.1) is 19.8 Å². The Kier molecular flexibility index (Phi) is 8.03. The molecule has 0 bridgehead atoms. The van der Waals surface area contributed by atoms with E-state index in [9.17, 15) is 9.59 Å². The number of ether oxygens (including phenoxy) is 1. The third kappa shape index (κ3) is 6.05. The molecule has 8 heteroatoms. The second-order valence-corrected chi connectivity index (χ2v) is 3.23. The van der Waals surface area contributed by atoms with Crippen LogP contribution in [0.1, 0.15) is 0 Å². The zero-order valence-corrected chi connectivity index (χ0v) is 9.63. The van der Waals surface area contributed by atoms with E-state index in [4.69, 9.17) is 20.1 Å². The smallest absolute Gasteiger partial charge is 0.328 e. The molecular formula is C9H18N2O6. The average Bonchev–Trinajstić information content (AvgIpc) is 2.30. The lowest BCUT2D eigenvalue weighted by Gasteiger charge is -2.23. The van der Waals surface area contributed by atoms with Crippen LogP contribution in [0.15, 0.2) is 0 Å². The number of methoxy groups -OCH3 is 1. The number of aliphatic hydroxyl groups is 2. The number of carbonyl (C=O) groups is 2. The number of aliphatic hydroxyl groups excluding tert-OH is 2. The van der Waals surface area contributed by atoms with E-state index < -0.39 is 24.6 Å². The van der Waals surface area contributed by atoms with Gasteiger partial charge in [-0.3, -0.25) is 0 Å². The Hall–Kier alpha value is -1.38. The van der Waals surface area contributed by atoms with Gasteiger partial charge in [0.15, 0.2) is 6.04 Å². The Morgan fingerprint density at radius 2 is 2.00 bits per heavy atom.